The first-order valence-corrected chi connectivity index (χ1v) is 15.0. The van der Waals surface area contributed by atoms with Crippen LogP contribution in [0.3, 0.4) is 0 Å². The molecule has 1 atom stereocenters. The molecular weight excluding hydrogens is 587 g/mol. The summed E-state index contributed by atoms with van der Waals surface area (Å²) in [5.74, 6) is -1.59. The highest BCUT2D eigenvalue weighted by molar-refractivity contribution is 8.00. The van der Waals surface area contributed by atoms with E-state index in [4.69, 9.17) is 4.74 Å². The number of pyridine rings is 1. The summed E-state index contributed by atoms with van der Waals surface area (Å²) in [7, 11) is 0. The summed E-state index contributed by atoms with van der Waals surface area (Å²) >= 11 is 2.53. The number of hydrogen-bond acceptors (Lipinski definition) is 9. The topological polar surface area (TPSA) is 139 Å². The molecule has 0 fully saturated rings. The number of hydrogen-bond donors (Lipinski definition) is 3. The SMILES string of the molecule is CCOC(=O)Cc1csc(NC(=O)C(C)Sc2cccc(NC(=O)/C(=C/c3cccnc3)NC(=O)c3ccccc3)c2)n1. The third-order valence-electron chi connectivity index (χ3n) is 5.71. The average Bonchev–Trinajstić information content (AvgIpc) is 3.44. The third-order valence-corrected chi connectivity index (χ3v) is 7.61. The van der Waals surface area contributed by atoms with E-state index < -0.39 is 17.1 Å². The van der Waals surface area contributed by atoms with Crippen molar-refractivity contribution < 1.29 is 23.9 Å². The zero-order chi connectivity index (χ0) is 30.6. The number of amides is 3. The Balaban J connectivity index is 1.40. The van der Waals surface area contributed by atoms with E-state index >= 15 is 0 Å². The van der Waals surface area contributed by atoms with Crippen LogP contribution >= 0.6 is 23.1 Å². The number of esters is 1. The fourth-order valence-electron chi connectivity index (χ4n) is 3.69. The van der Waals surface area contributed by atoms with Crippen molar-refractivity contribution in [1.29, 1.82) is 0 Å². The van der Waals surface area contributed by atoms with Gasteiger partial charge in [0.05, 0.1) is 24.0 Å². The highest BCUT2D eigenvalue weighted by atomic mass is 32.2. The van der Waals surface area contributed by atoms with E-state index in [9.17, 15) is 19.2 Å². The van der Waals surface area contributed by atoms with Crippen LogP contribution in [0.1, 0.15) is 35.5 Å². The van der Waals surface area contributed by atoms with E-state index in [0.29, 0.717) is 34.2 Å². The Morgan fingerprint density at radius 3 is 2.58 bits per heavy atom. The summed E-state index contributed by atoms with van der Waals surface area (Å²) in [5, 5.41) is 9.91. The Labute approximate surface area is 257 Å². The number of anilines is 2. The number of aromatic nitrogens is 2. The lowest BCUT2D eigenvalue weighted by Crippen LogP contribution is -2.30. The molecule has 1 unspecified atom stereocenters. The second-order valence-electron chi connectivity index (χ2n) is 9.02. The molecule has 0 bridgehead atoms. The quantitative estimate of drug-likeness (QED) is 0.113. The van der Waals surface area contributed by atoms with E-state index in [-0.39, 0.29) is 24.0 Å². The van der Waals surface area contributed by atoms with Crippen LogP contribution in [0, 0.1) is 0 Å². The number of carbonyl (C=O) groups is 4. The highest BCUT2D eigenvalue weighted by Gasteiger charge is 2.19. The standard InChI is InChI=1S/C31H29N5O5S2/c1-3-41-27(37)17-24-19-42-31(34-24)36-28(38)20(2)43-25-13-7-12-23(16-25)33-30(40)26(15-21-9-8-14-32-18-21)35-29(39)22-10-5-4-6-11-22/h4-16,18-20H,3,17H2,1-2H3,(H,33,40)(H,35,39)(H,34,36,38)/b26-15-. The normalized spacial score (nSPS) is 11.7. The molecular formula is C31H29N5O5S2. The molecule has 3 N–H and O–H groups in total. The van der Waals surface area contributed by atoms with E-state index in [0.717, 1.165) is 4.90 Å². The van der Waals surface area contributed by atoms with E-state index in [1.54, 1.807) is 98.4 Å². The van der Waals surface area contributed by atoms with Gasteiger partial charge in [-0.3, -0.25) is 24.2 Å². The number of ether oxygens (including phenoxy) is 1. The summed E-state index contributed by atoms with van der Waals surface area (Å²) in [4.78, 5) is 59.7. The minimum absolute atomic E-state index is 0.0398. The Kier molecular flexibility index (Phi) is 11.2. The summed E-state index contributed by atoms with van der Waals surface area (Å²) in [6, 6.07) is 19.1. The van der Waals surface area contributed by atoms with Crippen LogP contribution in [0.5, 0.6) is 0 Å². The van der Waals surface area contributed by atoms with Gasteiger partial charge in [0.2, 0.25) is 5.91 Å². The number of nitrogens with one attached hydrogen (secondary N) is 3. The predicted molar refractivity (Wildman–Crippen MR) is 168 cm³/mol. The molecule has 220 valence electrons. The summed E-state index contributed by atoms with van der Waals surface area (Å²) in [6.45, 7) is 3.78. The van der Waals surface area contributed by atoms with Crippen LogP contribution in [0.4, 0.5) is 10.8 Å². The van der Waals surface area contributed by atoms with Crippen LogP contribution in [0.2, 0.25) is 0 Å². The van der Waals surface area contributed by atoms with Gasteiger partial charge in [0, 0.05) is 33.9 Å². The number of rotatable bonds is 12. The van der Waals surface area contributed by atoms with Crippen molar-refractivity contribution in [3.63, 3.8) is 0 Å². The average molecular weight is 616 g/mol. The minimum atomic E-state index is -0.525. The molecule has 0 radical (unpaired) electrons. The van der Waals surface area contributed by atoms with E-state index in [2.05, 4.69) is 25.9 Å². The zero-order valence-electron chi connectivity index (χ0n) is 23.4. The van der Waals surface area contributed by atoms with Crippen molar-refractivity contribution in [3.05, 3.63) is 107 Å². The lowest BCUT2D eigenvalue weighted by Gasteiger charge is -2.13. The molecule has 0 spiro atoms. The van der Waals surface area contributed by atoms with Gasteiger partial charge in [-0.25, -0.2) is 4.98 Å². The molecule has 2 aromatic carbocycles. The van der Waals surface area contributed by atoms with Crippen LogP contribution in [-0.2, 0) is 25.5 Å². The lowest BCUT2D eigenvalue weighted by molar-refractivity contribution is -0.142. The van der Waals surface area contributed by atoms with Gasteiger partial charge in [-0.2, -0.15) is 0 Å². The molecule has 4 rings (SSSR count). The van der Waals surface area contributed by atoms with Gasteiger partial charge in [-0.1, -0.05) is 30.3 Å². The maximum atomic E-state index is 13.3. The maximum Gasteiger partial charge on any atom is 0.311 e. The first-order chi connectivity index (χ1) is 20.8. The molecule has 0 aliphatic heterocycles. The molecule has 3 amide bonds. The summed E-state index contributed by atoms with van der Waals surface area (Å²) < 4.78 is 4.93. The Bertz CT molecular complexity index is 1610. The van der Waals surface area contributed by atoms with Crippen LogP contribution in [0.15, 0.2) is 95.1 Å². The fourth-order valence-corrected chi connectivity index (χ4v) is 5.33. The van der Waals surface area contributed by atoms with Crippen molar-refractivity contribution in [2.45, 2.75) is 30.4 Å². The second kappa shape index (κ2) is 15.4. The Morgan fingerprint density at radius 2 is 1.84 bits per heavy atom. The molecule has 2 heterocycles. The summed E-state index contributed by atoms with van der Waals surface area (Å²) in [6.07, 6.45) is 4.78. The number of benzene rings is 2. The van der Waals surface area contributed by atoms with Gasteiger partial charge in [-0.15, -0.1) is 23.1 Å². The fraction of sp³-hybridized carbons (Fsp3) is 0.161. The first-order valence-electron chi connectivity index (χ1n) is 13.3. The molecule has 43 heavy (non-hydrogen) atoms. The molecule has 4 aromatic rings. The van der Waals surface area contributed by atoms with Gasteiger partial charge in [-0.05, 0) is 61.9 Å². The van der Waals surface area contributed by atoms with Crippen molar-refractivity contribution in [2.75, 3.05) is 17.2 Å². The largest absolute Gasteiger partial charge is 0.466 e. The van der Waals surface area contributed by atoms with Gasteiger partial charge >= 0.3 is 5.97 Å². The molecule has 0 saturated carbocycles. The predicted octanol–water partition coefficient (Wildman–Crippen LogP) is 5.17. The Morgan fingerprint density at radius 1 is 1.02 bits per heavy atom. The smallest absolute Gasteiger partial charge is 0.311 e. The zero-order valence-corrected chi connectivity index (χ0v) is 25.0. The van der Waals surface area contributed by atoms with Crippen molar-refractivity contribution >= 4 is 63.7 Å². The first kappa shape index (κ1) is 31.1. The number of thiazole rings is 1. The molecule has 0 aliphatic carbocycles. The van der Waals surface area contributed by atoms with Crippen molar-refractivity contribution in [3.8, 4) is 0 Å². The number of thioether (sulfide) groups is 1. The maximum absolute atomic E-state index is 13.3. The van der Waals surface area contributed by atoms with Crippen molar-refractivity contribution in [1.82, 2.24) is 15.3 Å². The Hall–Kier alpha value is -4.81. The minimum Gasteiger partial charge on any atom is -0.466 e. The monoisotopic (exact) mass is 615 g/mol. The number of nitrogens with zero attached hydrogens (tertiary/aromatic N) is 2. The van der Waals surface area contributed by atoms with Gasteiger partial charge in [0.15, 0.2) is 5.13 Å². The molecule has 0 saturated heterocycles. The van der Waals surface area contributed by atoms with Crippen LogP contribution in [-0.4, -0.2) is 45.5 Å². The molecule has 10 nitrogen and oxygen atoms in total. The summed E-state index contributed by atoms with van der Waals surface area (Å²) in [5.41, 5.74) is 2.10. The van der Waals surface area contributed by atoms with E-state index in [1.807, 2.05) is 6.07 Å². The van der Waals surface area contributed by atoms with Gasteiger partial charge < -0.3 is 20.7 Å². The molecule has 12 heteroatoms. The third kappa shape index (κ3) is 9.62. The number of carbonyl (C=O) groups excluding carboxylic acids is 4. The van der Waals surface area contributed by atoms with Crippen LogP contribution in [0.25, 0.3) is 6.08 Å². The second-order valence-corrected chi connectivity index (χ2v) is 11.3. The lowest BCUT2D eigenvalue weighted by atomic mass is 10.2. The molecule has 0 aliphatic rings. The van der Waals surface area contributed by atoms with E-state index in [1.165, 1.54) is 23.1 Å². The van der Waals surface area contributed by atoms with Crippen LogP contribution < -0.4 is 16.0 Å². The van der Waals surface area contributed by atoms with Crippen molar-refractivity contribution in [2.24, 2.45) is 0 Å². The molecule has 2 aromatic heterocycles. The highest BCUT2D eigenvalue weighted by Crippen LogP contribution is 2.27. The van der Waals surface area contributed by atoms with Gasteiger partial charge in [0.25, 0.3) is 11.8 Å². The van der Waals surface area contributed by atoms with Gasteiger partial charge in [0.1, 0.15) is 5.70 Å².